The molecule has 1 saturated carbocycles. The highest BCUT2D eigenvalue weighted by Gasteiger charge is 2.28. The fourth-order valence-corrected chi connectivity index (χ4v) is 1.70. The van der Waals surface area contributed by atoms with Gasteiger partial charge in [0.1, 0.15) is 6.04 Å². The Morgan fingerprint density at radius 3 is 2.64 bits per heavy atom. The summed E-state index contributed by atoms with van der Waals surface area (Å²) >= 11 is 0. The summed E-state index contributed by atoms with van der Waals surface area (Å²) in [5.74, 6) is 1.43. The van der Waals surface area contributed by atoms with Crippen LogP contribution in [0.3, 0.4) is 0 Å². The standard InChI is InChI=1S/C11H21NO2/c1-4-10(11(13)14-3)12-7-8(2)9-5-6-9/h8-10,12H,4-7H2,1-3H3. The van der Waals surface area contributed by atoms with E-state index in [-0.39, 0.29) is 12.0 Å². The summed E-state index contributed by atoms with van der Waals surface area (Å²) in [4.78, 5) is 11.3. The number of ether oxygens (including phenoxy) is 1. The van der Waals surface area contributed by atoms with E-state index >= 15 is 0 Å². The topological polar surface area (TPSA) is 38.3 Å². The second kappa shape index (κ2) is 5.35. The van der Waals surface area contributed by atoms with Gasteiger partial charge < -0.3 is 10.1 Å². The number of carbonyl (C=O) groups is 1. The minimum atomic E-state index is -0.143. The van der Waals surface area contributed by atoms with Crippen LogP contribution in [0.2, 0.25) is 0 Å². The molecular weight excluding hydrogens is 178 g/mol. The van der Waals surface area contributed by atoms with Crippen LogP contribution < -0.4 is 5.32 Å². The molecule has 3 heteroatoms. The molecule has 0 amide bonds. The molecule has 1 fully saturated rings. The van der Waals surface area contributed by atoms with Crippen LogP contribution in [0.5, 0.6) is 0 Å². The Bertz CT molecular complexity index is 190. The van der Waals surface area contributed by atoms with Gasteiger partial charge in [-0.15, -0.1) is 0 Å². The third-order valence-corrected chi connectivity index (χ3v) is 3.01. The number of rotatable bonds is 6. The molecule has 1 aliphatic rings. The lowest BCUT2D eigenvalue weighted by Gasteiger charge is -2.17. The maximum absolute atomic E-state index is 11.3. The maximum atomic E-state index is 11.3. The van der Waals surface area contributed by atoms with Gasteiger partial charge in [-0.2, -0.15) is 0 Å². The minimum Gasteiger partial charge on any atom is -0.468 e. The van der Waals surface area contributed by atoms with Crippen molar-refractivity contribution in [2.75, 3.05) is 13.7 Å². The predicted molar refractivity (Wildman–Crippen MR) is 56.0 cm³/mol. The van der Waals surface area contributed by atoms with Crippen molar-refractivity contribution in [1.29, 1.82) is 0 Å². The summed E-state index contributed by atoms with van der Waals surface area (Å²) in [6.07, 6.45) is 3.51. The highest BCUT2D eigenvalue weighted by molar-refractivity contribution is 5.75. The molecule has 1 aliphatic carbocycles. The fourth-order valence-electron chi connectivity index (χ4n) is 1.70. The number of hydrogen-bond acceptors (Lipinski definition) is 3. The number of hydrogen-bond donors (Lipinski definition) is 1. The van der Waals surface area contributed by atoms with E-state index in [1.165, 1.54) is 20.0 Å². The molecule has 0 spiro atoms. The first-order chi connectivity index (χ1) is 6.69. The van der Waals surface area contributed by atoms with Crippen LogP contribution in [-0.4, -0.2) is 25.7 Å². The van der Waals surface area contributed by atoms with Gasteiger partial charge >= 0.3 is 5.97 Å². The van der Waals surface area contributed by atoms with Gasteiger partial charge in [-0.25, -0.2) is 0 Å². The molecule has 14 heavy (non-hydrogen) atoms. The quantitative estimate of drug-likeness (QED) is 0.660. The zero-order valence-electron chi connectivity index (χ0n) is 9.38. The third kappa shape index (κ3) is 3.29. The van der Waals surface area contributed by atoms with Crippen LogP contribution in [0, 0.1) is 11.8 Å². The highest BCUT2D eigenvalue weighted by atomic mass is 16.5. The largest absolute Gasteiger partial charge is 0.468 e. The molecule has 0 radical (unpaired) electrons. The predicted octanol–water partition coefficient (Wildman–Crippen LogP) is 1.57. The second-order valence-electron chi connectivity index (χ2n) is 4.21. The van der Waals surface area contributed by atoms with Gasteiger partial charge in [0.2, 0.25) is 0 Å². The van der Waals surface area contributed by atoms with E-state index in [9.17, 15) is 4.79 Å². The number of nitrogens with one attached hydrogen (secondary N) is 1. The monoisotopic (exact) mass is 199 g/mol. The van der Waals surface area contributed by atoms with Crippen LogP contribution in [0.4, 0.5) is 0 Å². The Morgan fingerprint density at radius 2 is 2.21 bits per heavy atom. The van der Waals surface area contributed by atoms with Crippen molar-refractivity contribution in [1.82, 2.24) is 5.32 Å². The van der Waals surface area contributed by atoms with Gasteiger partial charge in [-0.1, -0.05) is 13.8 Å². The maximum Gasteiger partial charge on any atom is 0.322 e. The van der Waals surface area contributed by atoms with E-state index < -0.39 is 0 Å². The lowest BCUT2D eigenvalue weighted by molar-refractivity contribution is -0.143. The molecule has 3 nitrogen and oxygen atoms in total. The SMILES string of the molecule is CCC(NCC(C)C1CC1)C(=O)OC. The van der Waals surface area contributed by atoms with Crippen molar-refractivity contribution in [2.45, 2.75) is 39.2 Å². The molecule has 1 N–H and O–H groups in total. The van der Waals surface area contributed by atoms with Gasteiger partial charge in [0.15, 0.2) is 0 Å². The summed E-state index contributed by atoms with van der Waals surface area (Å²) in [6.45, 7) is 5.17. The Labute approximate surface area is 86.2 Å². The normalized spacial score (nSPS) is 20.2. The highest BCUT2D eigenvalue weighted by Crippen LogP contribution is 2.36. The van der Waals surface area contributed by atoms with E-state index in [1.54, 1.807) is 0 Å². The van der Waals surface area contributed by atoms with Crippen LogP contribution in [0.1, 0.15) is 33.1 Å². The van der Waals surface area contributed by atoms with Crippen molar-refractivity contribution in [3.63, 3.8) is 0 Å². The van der Waals surface area contributed by atoms with Crippen molar-refractivity contribution in [3.8, 4) is 0 Å². The Hall–Kier alpha value is -0.570. The number of carbonyl (C=O) groups excluding carboxylic acids is 1. The van der Waals surface area contributed by atoms with E-state index in [1.807, 2.05) is 6.92 Å². The number of methoxy groups -OCH3 is 1. The average Bonchev–Trinajstić information content (AvgIpc) is 3.01. The lowest BCUT2D eigenvalue weighted by atomic mass is 10.1. The molecule has 82 valence electrons. The Morgan fingerprint density at radius 1 is 1.57 bits per heavy atom. The van der Waals surface area contributed by atoms with Gasteiger partial charge in [0.05, 0.1) is 7.11 Å². The van der Waals surface area contributed by atoms with E-state index in [0.717, 1.165) is 18.9 Å². The zero-order chi connectivity index (χ0) is 10.6. The first-order valence-corrected chi connectivity index (χ1v) is 5.50. The summed E-state index contributed by atoms with van der Waals surface area (Å²) in [7, 11) is 1.44. The summed E-state index contributed by atoms with van der Waals surface area (Å²) < 4.78 is 4.71. The molecule has 0 aromatic carbocycles. The van der Waals surface area contributed by atoms with E-state index in [0.29, 0.717) is 5.92 Å². The first-order valence-electron chi connectivity index (χ1n) is 5.50. The molecule has 2 atom stereocenters. The molecule has 0 aromatic heterocycles. The molecule has 0 heterocycles. The summed E-state index contributed by atoms with van der Waals surface area (Å²) in [6, 6.07) is -0.124. The smallest absolute Gasteiger partial charge is 0.322 e. The summed E-state index contributed by atoms with van der Waals surface area (Å²) in [5.41, 5.74) is 0. The molecule has 2 unspecified atom stereocenters. The van der Waals surface area contributed by atoms with Crippen molar-refractivity contribution in [2.24, 2.45) is 11.8 Å². The third-order valence-electron chi connectivity index (χ3n) is 3.01. The van der Waals surface area contributed by atoms with Crippen molar-refractivity contribution >= 4 is 5.97 Å². The van der Waals surface area contributed by atoms with E-state index in [4.69, 9.17) is 4.74 Å². The van der Waals surface area contributed by atoms with Gasteiger partial charge in [-0.05, 0) is 37.6 Å². The molecule has 0 aromatic rings. The zero-order valence-corrected chi connectivity index (χ0v) is 9.38. The van der Waals surface area contributed by atoms with Crippen molar-refractivity contribution < 1.29 is 9.53 Å². The molecule has 1 rings (SSSR count). The van der Waals surface area contributed by atoms with Crippen LogP contribution in [0.25, 0.3) is 0 Å². The molecule has 0 saturated heterocycles. The molecular formula is C11H21NO2. The number of esters is 1. The average molecular weight is 199 g/mol. The molecule has 0 aliphatic heterocycles. The van der Waals surface area contributed by atoms with Gasteiger partial charge in [-0.3, -0.25) is 4.79 Å². The van der Waals surface area contributed by atoms with Crippen LogP contribution in [-0.2, 0) is 9.53 Å². The van der Waals surface area contributed by atoms with Crippen LogP contribution >= 0.6 is 0 Å². The molecule has 0 bridgehead atoms. The minimum absolute atomic E-state index is 0.124. The van der Waals surface area contributed by atoms with Crippen LogP contribution in [0.15, 0.2) is 0 Å². The summed E-state index contributed by atoms with van der Waals surface area (Å²) in [5, 5.41) is 3.27. The Balaban J connectivity index is 2.22. The second-order valence-corrected chi connectivity index (χ2v) is 4.21. The fraction of sp³-hybridized carbons (Fsp3) is 0.909. The van der Waals surface area contributed by atoms with E-state index in [2.05, 4.69) is 12.2 Å². The lowest BCUT2D eigenvalue weighted by Crippen LogP contribution is -2.39. The van der Waals surface area contributed by atoms with Gasteiger partial charge in [0, 0.05) is 0 Å². The Kier molecular flexibility index (Phi) is 4.39. The van der Waals surface area contributed by atoms with Gasteiger partial charge in [0.25, 0.3) is 0 Å². The first kappa shape index (κ1) is 11.5. The van der Waals surface area contributed by atoms with Crippen molar-refractivity contribution in [3.05, 3.63) is 0 Å².